The second kappa shape index (κ2) is 3.84. The Morgan fingerprint density at radius 1 is 1.22 bits per heavy atom. The van der Waals surface area contributed by atoms with E-state index in [9.17, 15) is 4.79 Å². The number of hydrogen-bond acceptors (Lipinski definition) is 1. The molecule has 2 heteroatoms. The van der Waals surface area contributed by atoms with E-state index in [-0.39, 0.29) is 28.9 Å². The first-order valence-electron chi connectivity index (χ1n) is 7.40. The number of rotatable bonds is 0. The van der Waals surface area contributed by atoms with Gasteiger partial charge in [0.05, 0.1) is 2.74 Å². The van der Waals surface area contributed by atoms with Gasteiger partial charge in [-0.2, -0.15) is 0 Å². The van der Waals surface area contributed by atoms with E-state index in [1.54, 1.807) is 11.0 Å². The van der Waals surface area contributed by atoms with E-state index in [2.05, 4.69) is 0 Å². The fraction of sp³-hybridized carbons (Fsp3) is 0.562. The van der Waals surface area contributed by atoms with Gasteiger partial charge in [-0.1, -0.05) is 38.9 Å². The van der Waals surface area contributed by atoms with Gasteiger partial charge in [0.15, 0.2) is 0 Å². The molecule has 98 valence electrons. The average Bonchev–Trinajstić information content (AvgIpc) is 2.60. The van der Waals surface area contributed by atoms with Gasteiger partial charge in [0.2, 0.25) is 0 Å². The molecule has 0 aliphatic carbocycles. The first kappa shape index (κ1) is 10.6. The molecule has 1 amide bonds. The van der Waals surface area contributed by atoms with Crippen molar-refractivity contribution >= 4 is 5.91 Å². The van der Waals surface area contributed by atoms with Crippen molar-refractivity contribution < 1.29 is 7.54 Å². The van der Waals surface area contributed by atoms with Gasteiger partial charge in [-0.05, 0) is 37.3 Å². The van der Waals surface area contributed by atoms with Crippen molar-refractivity contribution in [2.24, 2.45) is 0 Å². The van der Waals surface area contributed by atoms with Gasteiger partial charge in [-0.25, -0.2) is 0 Å². The molecule has 1 aliphatic heterocycles. The molecule has 0 radical (unpaired) electrons. The molecule has 0 N–H and O–H groups in total. The molecule has 1 aromatic rings. The van der Waals surface area contributed by atoms with Gasteiger partial charge in [0.25, 0.3) is 5.91 Å². The normalized spacial score (nSPS) is 17.7. The summed E-state index contributed by atoms with van der Waals surface area (Å²) in [6.45, 7) is 12.6. The minimum absolute atomic E-state index is 0.00840. The van der Waals surface area contributed by atoms with Gasteiger partial charge in [-0.15, -0.1) is 0 Å². The highest BCUT2D eigenvalue weighted by molar-refractivity contribution is 6.00. The zero-order chi connectivity index (χ0) is 15.5. The average molecular weight is 247 g/mol. The van der Waals surface area contributed by atoms with Crippen LogP contribution in [0.1, 0.15) is 65.8 Å². The number of fused-ring (bicyclic) bond motifs is 1. The second-order valence-corrected chi connectivity index (χ2v) is 6.99. The van der Waals surface area contributed by atoms with Gasteiger partial charge >= 0.3 is 0 Å². The Kier molecular flexibility index (Phi) is 2.26. The largest absolute Gasteiger partial charge is 0.329 e. The van der Waals surface area contributed by atoms with Crippen LogP contribution in [0.15, 0.2) is 18.2 Å². The van der Waals surface area contributed by atoms with Gasteiger partial charge < -0.3 is 4.90 Å². The van der Waals surface area contributed by atoms with E-state index in [0.29, 0.717) is 17.7 Å². The lowest BCUT2D eigenvalue weighted by Gasteiger charge is -2.32. The Morgan fingerprint density at radius 3 is 2.33 bits per heavy atom. The molecule has 0 spiro atoms. The molecular formula is C16H23NO. The van der Waals surface area contributed by atoms with Crippen molar-refractivity contribution in [1.82, 2.24) is 4.90 Å². The predicted molar refractivity (Wildman–Crippen MR) is 74.8 cm³/mol. The summed E-state index contributed by atoms with van der Waals surface area (Å²) in [4.78, 5) is 14.6. The summed E-state index contributed by atoms with van der Waals surface area (Å²) in [7, 11) is 0. The molecule has 18 heavy (non-hydrogen) atoms. The lowest BCUT2D eigenvalue weighted by atomic mass is 9.82. The van der Waals surface area contributed by atoms with Crippen LogP contribution in [0.25, 0.3) is 0 Å². The van der Waals surface area contributed by atoms with Crippen molar-refractivity contribution in [1.29, 1.82) is 0 Å². The summed E-state index contributed by atoms with van der Waals surface area (Å²) in [5, 5.41) is 0. The van der Waals surface area contributed by atoms with E-state index in [4.69, 9.17) is 2.74 Å². The second-order valence-electron chi connectivity index (χ2n) is 6.99. The summed E-state index contributed by atoms with van der Waals surface area (Å²) in [5.74, 6) is -0.00840. The Labute approximate surface area is 113 Å². The van der Waals surface area contributed by atoms with Crippen LogP contribution in [-0.4, -0.2) is 16.3 Å². The maximum absolute atomic E-state index is 12.8. The third-order valence-electron chi connectivity index (χ3n) is 3.40. The third kappa shape index (κ3) is 2.05. The molecule has 2 nitrogen and oxygen atoms in total. The minimum atomic E-state index is -0.278. The van der Waals surface area contributed by atoms with E-state index in [0.717, 1.165) is 5.56 Å². The molecule has 0 fully saturated rings. The summed E-state index contributed by atoms with van der Waals surface area (Å²) >= 11 is 0. The van der Waals surface area contributed by atoms with Crippen LogP contribution >= 0.6 is 0 Å². The highest BCUT2D eigenvalue weighted by Gasteiger charge is 2.37. The van der Waals surface area contributed by atoms with Crippen molar-refractivity contribution in [2.45, 2.75) is 59.0 Å². The highest BCUT2D eigenvalue weighted by Crippen LogP contribution is 2.35. The monoisotopic (exact) mass is 247 g/mol. The highest BCUT2D eigenvalue weighted by atomic mass is 16.2. The first-order chi connectivity index (χ1) is 8.94. The molecule has 0 atom stereocenters. The Balaban J connectivity index is 2.70. The Bertz CT molecular complexity index is 580. The zero-order valence-corrected chi connectivity index (χ0v) is 12.1. The number of amides is 1. The first-order valence-corrected chi connectivity index (χ1v) is 6.40. The third-order valence-corrected chi connectivity index (χ3v) is 3.40. The van der Waals surface area contributed by atoms with Crippen molar-refractivity contribution in [3.8, 4) is 0 Å². The van der Waals surface area contributed by atoms with Crippen molar-refractivity contribution in [3.63, 3.8) is 0 Å². The van der Waals surface area contributed by atoms with E-state index < -0.39 is 0 Å². The Hall–Kier alpha value is -1.31. The van der Waals surface area contributed by atoms with Crippen LogP contribution in [0, 0.1) is 0 Å². The summed E-state index contributed by atoms with van der Waals surface area (Å²) in [6.07, 6.45) is 0. The minimum Gasteiger partial charge on any atom is -0.329 e. The lowest BCUT2D eigenvalue weighted by molar-refractivity contribution is 0.0608. The molecule has 0 saturated carbocycles. The van der Waals surface area contributed by atoms with E-state index >= 15 is 0 Å². The summed E-state index contributed by atoms with van der Waals surface area (Å²) < 4.78 is 16.1. The fourth-order valence-electron chi connectivity index (χ4n) is 2.35. The van der Waals surface area contributed by atoms with E-state index in [1.807, 2.05) is 41.5 Å². The van der Waals surface area contributed by atoms with Crippen LogP contribution in [0.3, 0.4) is 0 Å². The predicted octanol–water partition coefficient (Wildman–Crippen LogP) is 3.74. The van der Waals surface area contributed by atoms with Crippen LogP contribution in [0.5, 0.6) is 0 Å². The standard InChI is InChI=1S/C16H23NO/c1-15(2,3)12-9-7-8-11-10-17(16(4,5)6)14(18)13(11)12/h7-9H,10H2,1-6H3/i7D,8D. The summed E-state index contributed by atoms with van der Waals surface area (Å²) in [5.41, 5.74) is 1.75. The zero-order valence-electron chi connectivity index (χ0n) is 14.1. The molecule has 2 rings (SSSR count). The number of nitrogens with zero attached hydrogens (tertiary/aromatic N) is 1. The maximum Gasteiger partial charge on any atom is 0.255 e. The summed E-state index contributed by atoms with van der Waals surface area (Å²) in [6, 6.07) is 2.08. The fourth-order valence-corrected chi connectivity index (χ4v) is 2.35. The number of carbonyl (C=O) groups excluding carboxylic acids is 1. The maximum atomic E-state index is 12.8. The van der Waals surface area contributed by atoms with Crippen LogP contribution in [0.4, 0.5) is 0 Å². The topological polar surface area (TPSA) is 20.3 Å². The Morgan fingerprint density at radius 2 is 1.83 bits per heavy atom. The smallest absolute Gasteiger partial charge is 0.255 e. The van der Waals surface area contributed by atoms with Crippen LogP contribution in [0.2, 0.25) is 0 Å². The van der Waals surface area contributed by atoms with Crippen LogP contribution in [-0.2, 0) is 12.0 Å². The molecule has 0 bridgehead atoms. The molecule has 1 aromatic carbocycles. The molecule has 1 aliphatic rings. The number of benzene rings is 1. The van der Waals surface area contributed by atoms with Crippen molar-refractivity contribution in [3.05, 3.63) is 34.8 Å². The molecule has 0 saturated heterocycles. The van der Waals surface area contributed by atoms with Crippen molar-refractivity contribution in [2.75, 3.05) is 0 Å². The molecule has 1 heterocycles. The van der Waals surface area contributed by atoms with Crippen LogP contribution < -0.4 is 0 Å². The lowest BCUT2D eigenvalue weighted by Crippen LogP contribution is -2.41. The van der Waals surface area contributed by atoms with E-state index in [1.165, 1.54) is 0 Å². The molecule has 0 aromatic heterocycles. The number of hydrogen-bond donors (Lipinski definition) is 0. The quantitative estimate of drug-likeness (QED) is 0.684. The molecular weight excluding hydrogens is 222 g/mol. The van der Waals surface area contributed by atoms with Gasteiger partial charge in [0.1, 0.15) is 0 Å². The molecule has 0 unspecified atom stereocenters. The van der Waals surface area contributed by atoms with Gasteiger partial charge in [-0.3, -0.25) is 4.79 Å². The van der Waals surface area contributed by atoms with Gasteiger partial charge in [0, 0.05) is 17.6 Å². The SMILES string of the molecule is [2H]c1cc(C(C)(C)C)c2c(c1[2H])CN(C(C)(C)C)C2=O. The number of carbonyl (C=O) groups is 1.